The van der Waals surface area contributed by atoms with Crippen molar-refractivity contribution in [1.82, 2.24) is 4.72 Å². The van der Waals surface area contributed by atoms with Gasteiger partial charge in [0.1, 0.15) is 12.4 Å². The quantitative estimate of drug-likeness (QED) is 0.888. The molecule has 0 amide bonds. The molecule has 0 radical (unpaired) electrons. The largest absolute Gasteiger partial charge is 0.492 e. The Morgan fingerprint density at radius 2 is 2.00 bits per heavy atom. The average molecular weight is 382 g/mol. The van der Waals surface area contributed by atoms with Gasteiger partial charge in [0.15, 0.2) is 0 Å². The van der Waals surface area contributed by atoms with Crippen LogP contribution in [-0.2, 0) is 16.4 Å². The van der Waals surface area contributed by atoms with E-state index < -0.39 is 10.0 Å². The Kier molecular flexibility index (Phi) is 4.25. The number of sulfonamides is 1. The number of hydrogen-bond acceptors (Lipinski definition) is 3. The minimum atomic E-state index is -3.54. The van der Waals surface area contributed by atoms with Gasteiger partial charge in [-0.1, -0.05) is 34.1 Å². The van der Waals surface area contributed by atoms with Crippen molar-refractivity contribution in [2.45, 2.75) is 24.3 Å². The van der Waals surface area contributed by atoms with Crippen LogP contribution in [0.5, 0.6) is 5.75 Å². The van der Waals surface area contributed by atoms with Crippen LogP contribution in [-0.4, -0.2) is 21.1 Å². The van der Waals surface area contributed by atoms with Crippen molar-refractivity contribution >= 4 is 26.0 Å². The summed E-state index contributed by atoms with van der Waals surface area (Å²) >= 11 is 3.42. The molecule has 0 spiro atoms. The fraction of sp³-hybridized carbons (Fsp3) is 0.250. The summed E-state index contributed by atoms with van der Waals surface area (Å²) in [6.07, 6.45) is 0.611. The second kappa shape index (κ2) is 6.02. The maximum absolute atomic E-state index is 12.5. The minimum absolute atomic E-state index is 0.272. The fourth-order valence-corrected chi connectivity index (χ4v) is 4.45. The van der Waals surface area contributed by atoms with Gasteiger partial charge in [-0.15, -0.1) is 0 Å². The lowest BCUT2D eigenvalue weighted by molar-refractivity contribution is 0.254. The van der Waals surface area contributed by atoms with Crippen molar-refractivity contribution in [2.75, 3.05) is 6.61 Å². The Hall–Kier alpha value is -1.37. The summed E-state index contributed by atoms with van der Waals surface area (Å²) in [6.45, 7) is 2.12. The molecule has 1 heterocycles. The van der Waals surface area contributed by atoms with Gasteiger partial charge in [0, 0.05) is 4.47 Å². The summed E-state index contributed by atoms with van der Waals surface area (Å²) in [5.74, 6) is 0.814. The molecule has 2 aromatic carbocycles. The highest BCUT2D eigenvalue weighted by atomic mass is 79.9. The maximum atomic E-state index is 12.5. The van der Waals surface area contributed by atoms with Crippen LogP contribution >= 0.6 is 15.9 Å². The number of fused-ring (bicyclic) bond motifs is 1. The third kappa shape index (κ3) is 3.19. The standard InChI is InChI=1S/C16H16BrNO3S/c1-11-4-2-3-5-16(11)22(19,20)18-14-9-12-8-13(17)6-7-15(12)21-10-14/h2-8,14,18H,9-10H2,1H3. The van der Waals surface area contributed by atoms with E-state index in [2.05, 4.69) is 20.7 Å². The predicted octanol–water partition coefficient (Wildman–Crippen LogP) is 3.04. The Bertz CT molecular complexity index is 805. The average Bonchev–Trinajstić information content (AvgIpc) is 2.46. The van der Waals surface area contributed by atoms with Gasteiger partial charge < -0.3 is 4.74 Å². The molecule has 1 unspecified atom stereocenters. The highest BCUT2D eigenvalue weighted by Crippen LogP contribution is 2.28. The lowest BCUT2D eigenvalue weighted by atomic mass is 10.0. The molecule has 22 heavy (non-hydrogen) atoms. The highest BCUT2D eigenvalue weighted by Gasteiger charge is 2.26. The monoisotopic (exact) mass is 381 g/mol. The van der Waals surface area contributed by atoms with E-state index in [-0.39, 0.29) is 6.04 Å². The van der Waals surface area contributed by atoms with Gasteiger partial charge in [0.25, 0.3) is 0 Å². The summed E-state index contributed by atoms with van der Waals surface area (Å²) in [5.41, 5.74) is 1.73. The number of rotatable bonds is 3. The lowest BCUT2D eigenvalue weighted by Crippen LogP contribution is -2.42. The van der Waals surface area contributed by atoms with E-state index >= 15 is 0 Å². The van der Waals surface area contributed by atoms with Crippen molar-refractivity contribution in [3.05, 3.63) is 58.1 Å². The van der Waals surface area contributed by atoms with E-state index in [0.717, 1.165) is 21.3 Å². The number of ether oxygens (including phenoxy) is 1. The van der Waals surface area contributed by atoms with Crippen molar-refractivity contribution < 1.29 is 13.2 Å². The third-order valence-corrected chi connectivity index (χ3v) is 5.81. The first kappa shape index (κ1) is 15.5. The summed E-state index contributed by atoms with van der Waals surface area (Å²) in [5, 5.41) is 0. The molecule has 0 fully saturated rings. The number of benzene rings is 2. The first-order valence-corrected chi connectivity index (χ1v) is 9.22. The van der Waals surface area contributed by atoms with E-state index in [1.165, 1.54) is 0 Å². The Morgan fingerprint density at radius 3 is 2.77 bits per heavy atom. The number of aryl methyl sites for hydroxylation is 1. The number of hydrogen-bond donors (Lipinski definition) is 1. The molecular formula is C16H16BrNO3S. The van der Waals surface area contributed by atoms with Crippen LogP contribution in [0.3, 0.4) is 0 Å². The Morgan fingerprint density at radius 1 is 1.23 bits per heavy atom. The molecule has 6 heteroatoms. The second-order valence-electron chi connectivity index (χ2n) is 5.35. The molecule has 4 nitrogen and oxygen atoms in total. The lowest BCUT2D eigenvalue weighted by Gasteiger charge is -2.26. The summed E-state index contributed by atoms with van der Waals surface area (Å²) < 4.78 is 34.4. The molecule has 1 aliphatic heterocycles. The molecule has 0 aromatic heterocycles. The summed E-state index contributed by atoms with van der Waals surface area (Å²) in [7, 11) is -3.54. The fourth-order valence-electron chi connectivity index (χ4n) is 2.58. The third-order valence-electron chi connectivity index (χ3n) is 3.63. The zero-order valence-corrected chi connectivity index (χ0v) is 14.4. The van der Waals surface area contributed by atoms with Crippen LogP contribution in [0.25, 0.3) is 0 Å². The van der Waals surface area contributed by atoms with E-state index in [1.807, 2.05) is 24.3 Å². The van der Waals surface area contributed by atoms with Crippen molar-refractivity contribution in [2.24, 2.45) is 0 Å². The molecule has 1 N–H and O–H groups in total. The molecule has 0 saturated carbocycles. The molecular weight excluding hydrogens is 366 g/mol. The van der Waals surface area contributed by atoms with Gasteiger partial charge in [0.05, 0.1) is 10.9 Å². The number of nitrogens with one attached hydrogen (secondary N) is 1. The van der Waals surface area contributed by atoms with Crippen LogP contribution < -0.4 is 9.46 Å². The van der Waals surface area contributed by atoms with Crippen LogP contribution in [0.1, 0.15) is 11.1 Å². The predicted molar refractivity (Wildman–Crippen MR) is 88.6 cm³/mol. The zero-order valence-electron chi connectivity index (χ0n) is 12.0. The van der Waals surface area contributed by atoms with Gasteiger partial charge in [-0.2, -0.15) is 0 Å². The topological polar surface area (TPSA) is 55.4 Å². The zero-order chi connectivity index (χ0) is 15.7. The maximum Gasteiger partial charge on any atom is 0.241 e. The van der Waals surface area contributed by atoms with Crippen molar-refractivity contribution in [3.63, 3.8) is 0 Å². The first-order valence-electron chi connectivity index (χ1n) is 6.95. The molecule has 3 rings (SSSR count). The van der Waals surface area contributed by atoms with Crippen LogP contribution in [0, 0.1) is 6.92 Å². The molecule has 116 valence electrons. The number of halogens is 1. The SMILES string of the molecule is Cc1ccccc1S(=O)(=O)NC1COc2ccc(Br)cc2C1. The van der Waals surface area contributed by atoms with Gasteiger partial charge in [-0.25, -0.2) is 13.1 Å². The summed E-state index contributed by atoms with van der Waals surface area (Å²) in [6, 6.07) is 12.5. The molecule has 0 aliphatic carbocycles. The van der Waals surface area contributed by atoms with Crippen molar-refractivity contribution in [3.8, 4) is 5.75 Å². The van der Waals surface area contributed by atoms with Gasteiger partial charge in [0.2, 0.25) is 10.0 Å². The van der Waals surface area contributed by atoms with Crippen LogP contribution in [0.15, 0.2) is 51.8 Å². The smallest absolute Gasteiger partial charge is 0.241 e. The minimum Gasteiger partial charge on any atom is -0.492 e. The Labute approximate surface area is 138 Å². The van der Waals surface area contributed by atoms with E-state index in [0.29, 0.717) is 17.9 Å². The first-order chi connectivity index (χ1) is 10.5. The van der Waals surface area contributed by atoms with E-state index in [4.69, 9.17) is 4.74 Å². The normalized spacial score (nSPS) is 17.6. The van der Waals surface area contributed by atoms with E-state index in [9.17, 15) is 8.42 Å². The molecule has 1 aliphatic rings. The Balaban J connectivity index is 1.81. The van der Waals surface area contributed by atoms with Crippen LogP contribution in [0.4, 0.5) is 0 Å². The molecule has 0 saturated heterocycles. The molecule has 2 aromatic rings. The highest BCUT2D eigenvalue weighted by molar-refractivity contribution is 9.10. The summed E-state index contributed by atoms with van der Waals surface area (Å²) in [4.78, 5) is 0.315. The molecule has 0 bridgehead atoms. The van der Waals surface area contributed by atoms with Gasteiger partial charge in [-0.05, 0) is 48.7 Å². The molecule has 1 atom stereocenters. The second-order valence-corrected chi connectivity index (χ2v) is 7.95. The van der Waals surface area contributed by atoms with Crippen molar-refractivity contribution in [1.29, 1.82) is 0 Å². The van der Waals surface area contributed by atoms with E-state index in [1.54, 1.807) is 25.1 Å². The van der Waals surface area contributed by atoms with Gasteiger partial charge >= 0.3 is 0 Å². The van der Waals surface area contributed by atoms with Gasteiger partial charge in [-0.3, -0.25) is 0 Å². The van der Waals surface area contributed by atoms with Crippen LogP contribution in [0.2, 0.25) is 0 Å².